The Hall–Kier alpha value is -1.55. The molecule has 4 heteroatoms. The van der Waals surface area contributed by atoms with Gasteiger partial charge in [0, 0.05) is 12.5 Å². The van der Waals surface area contributed by atoms with Crippen LogP contribution in [0.3, 0.4) is 0 Å². The van der Waals surface area contributed by atoms with Crippen molar-refractivity contribution >= 4 is 5.97 Å². The summed E-state index contributed by atoms with van der Waals surface area (Å²) in [6.07, 6.45) is 3.95. The fourth-order valence-corrected chi connectivity index (χ4v) is 2.16. The molecule has 0 aliphatic heterocycles. The fraction of sp³-hybridized carbons (Fsp3) is 0.588. The van der Waals surface area contributed by atoms with Crippen molar-refractivity contribution in [3.05, 3.63) is 29.8 Å². The van der Waals surface area contributed by atoms with E-state index in [1.54, 1.807) is 0 Å². The number of carbonyl (C=O) groups excluding carboxylic acids is 1. The highest BCUT2D eigenvalue weighted by molar-refractivity contribution is 5.75. The summed E-state index contributed by atoms with van der Waals surface area (Å²) in [5.74, 6) is 0.676. The summed E-state index contributed by atoms with van der Waals surface area (Å²) in [5, 5.41) is 3.33. The largest absolute Gasteiger partial charge is 0.494 e. The SMILES string of the molecule is CCOC(=O)C(CCOc1ccc(CC)cc1)NC1CC1. The lowest BCUT2D eigenvalue weighted by molar-refractivity contribution is -0.146. The zero-order valence-corrected chi connectivity index (χ0v) is 12.9. The number of ether oxygens (including phenoxy) is 2. The minimum Gasteiger partial charge on any atom is -0.494 e. The number of rotatable bonds is 9. The van der Waals surface area contributed by atoms with Crippen molar-refractivity contribution in [3.63, 3.8) is 0 Å². The van der Waals surface area contributed by atoms with Gasteiger partial charge in [-0.25, -0.2) is 0 Å². The van der Waals surface area contributed by atoms with Gasteiger partial charge in [-0.15, -0.1) is 0 Å². The molecule has 0 amide bonds. The summed E-state index contributed by atoms with van der Waals surface area (Å²) in [4.78, 5) is 11.9. The zero-order chi connectivity index (χ0) is 15.1. The van der Waals surface area contributed by atoms with Gasteiger partial charge in [-0.1, -0.05) is 19.1 Å². The van der Waals surface area contributed by atoms with Crippen molar-refractivity contribution in [1.29, 1.82) is 0 Å². The summed E-state index contributed by atoms with van der Waals surface area (Å²) in [6, 6.07) is 8.32. The highest BCUT2D eigenvalue weighted by Gasteiger charge is 2.29. The summed E-state index contributed by atoms with van der Waals surface area (Å²) < 4.78 is 10.8. The van der Waals surface area contributed by atoms with E-state index in [4.69, 9.17) is 9.47 Å². The van der Waals surface area contributed by atoms with Gasteiger partial charge in [-0.05, 0) is 43.9 Å². The van der Waals surface area contributed by atoms with Crippen LogP contribution in [0.25, 0.3) is 0 Å². The summed E-state index contributed by atoms with van der Waals surface area (Å²) in [5.41, 5.74) is 1.29. The van der Waals surface area contributed by atoms with Crippen molar-refractivity contribution in [1.82, 2.24) is 5.32 Å². The second kappa shape index (κ2) is 8.03. The van der Waals surface area contributed by atoms with E-state index in [9.17, 15) is 4.79 Å². The first-order chi connectivity index (χ1) is 10.2. The van der Waals surface area contributed by atoms with Gasteiger partial charge in [0.1, 0.15) is 11.8 Å². The van der Waals surface area contributed by atoms with Crippen LogP contribution in [-0.2, 0) is 16.0 Å². The molecular formula is C17H25NO3. The molecule has 0 aromatic heterocycles. The lowest BCUT2D eigenvalue weighted by atomic mass is 10.2. The molecule has 0 radical (unpaired) electrons. The number of carbonyl (C=O) groups is 1. The van der Waals surface area contributed by atoms with Crippen LogP contribution < -0.4 is 10.1 Å². The lowest BCUT2D eigenvalue weighted by Gasteiger charge is -2.17. The van der Waals surface area contributed by atoms with E-state index in [2.05, 4.69) is 24.4 Å². The topological polar surface area (TPSA) is 47.6 Å². The predicted octanol–water partition coefficient (Wildman–Crippen LogP) is 2.70. The Kier molecular flexibility index (Phi) is 6.05. The van der Waals surface area contributed by atoms with Crippen LogP contribution in [0, 0.1) is 0 Å². The van der Waals surface area contributed by atoms with Gasteiger partial charge in [0.15, 0.2) is 0 Å². The third kappa shape index (κ3) is 5.38. The molecule has 1 atom stereocenters. The van der Waals surface area contributed by atoms with Crippen LogP contribution in [0.5, 0.6) is 5.75 Å². The first-order valence-electron chi connectivity index (χ1n) is 7.87. The maximum atomic E-state index is 11.9. The van der Waals surface area contributed by atoms with E-state index in [0.717, 1.165) is 25.0 Å². The minimum absolute atomic E-state index is 0.172. The van der Waals surface area contributed by atoms with Gasteiger partial charge in [0.05, 0.1) is 13.2 Å². The van der Waals surface area contributed by atoms with E-state index >= 15 is 0 Å². The van der Waals surface area contributed by atoms with E-state index in [0.29, 0.717) is 25.7 Å². The van der Waals surface area contributed by atoms with Crippen molar-refractivity contribution < 1.29 is 14.3 Å². The van der Waals surface area contributed by atoms with Gasteiger partial charge in [0.25, 0.3) is 0 Å². The first kappa shape index (κ1) is 15.8. The Bertz CT molecular complexity index is 440. The Labute approximate surface area is 126 Å². The lowest BCUT2D eigenvalue weighted by Crippen LogP contribution is -2.40. The number of esters is 1. The van der Waals surface area contributed by atoms with E-state index in [1.807, 2.05) is 19.1 Å². The molecule has 1 N–H and O–H groups in total. The van der Waals surface area contributed by atoms with E-state index < -0.39 is 0 Å². The van der Waals surface area contributed by atoms with Crippen LogP contribution in [0.15, 0.2) is 24.3 Å². The maximum absolute atomic E-state index is 11.9. The molecule has 0 saturated heterocycles. The molecule has 4 nitrogen and oxygen atoms in total. The molecule has 2 rings (SSSR count). The molecule has 1 aliphatic rings. The standard InChI is InChI=1S/C17H25NO3/c1-3-13-5-9-15(10-6-13)21-12-11-16(17(19)20-4-2)18-14-7-8-14/h5-6,9-10,14,16,18H,3-4,7-8,11-12H2,1-2H3. The average Bonchev–Trinajstić information content (AvgIpc) is 3.31. The van der Waals surface area contributed by atoms with Crippen molar-refractivity contribution in [2.75, 3.05) is 13.2 Å². The molecule has 0 heterocycles. The van der Waals surface area contributed by atoms with E-state index in [-0.39, 0.29) is 12.0 Å². The highest BCUT2D eigenvalue weighted by Crippen LogP contribution is 2.20. The van der Waals surface area contributed by atoms with Gasteiger partial charge >= 0.3 is 5.97 Å². The molecule has 116 valence electrons. The second-order valence-corrected chi connectivity index (χ2v) is 5.38. The second-order valence-electron chi connectivity index (χ2n) is 5.38. The van der Waals surface area contributed by atoms with Crippen molar-refractivity contribution in [3.8, 4) is 5.75 Å². The number of benzene rings is 1. The summed E-state index contributed by atoms with van der Waals surface area (Å²) >= 11 is 0. The zero-order valence-electron chi connectivity index (χ0n) is 12.9. The average molecular weight is 291 g/mol. The molecular weight excluding hydrogens is 266 g/mol. The maximum Gasteiger partial charge on any atom is 0.323 e. The Balaban J connectivity index is 1.78. The van der Waals surface area contributed by atoms with Gasteiger partial charge < -0.3 is 14.8 Å². The van der Waals surface area contributed by atoms with Crippen LogP contribution >= 0.6 is 0 Å². The van der Waals surface area contributed by atoms with Crippen molar-refractivity contribution in [2.24, 2.45) is 0 Å². The number of aryl methyl sites for hydroxylation is 1. The third-order valence-corrected chi connectivity index (χ3v) is 3.59. The van der Waals surface area contributed by atoms with Crippen LogP contribution in [-0.4, -0.2) is 31.3 Å². The monoisotopic (exact) mass is 291 g/mol. The summed E-state index contributed by atoms with van der Waals surface area (Å²) in [7, 11) is 0. The Morgan fingerprint density at radius 2 is 2.00 bits per heavy atom. The first-order valence-corrected chi connectivity index (χ1v) is 7.87. The molecule has 1 saturated carbocycles. The molecule has 1 aromatic carbocycles. The molecule has 0 spiro atoms. The minimum atomic E-state index is -0.257. The molecule has 21 heavy (non-hydrogen) atoms. The van der Waals surface area contributed by atoms with Crippen LogP contribution in [0.4, 0.5) is 0 Å². The van der Waals surface area contributed by atoms with Crippen LogP contribution in [0.2, 0.25) is 0 Å². The Morgan fingerprint density at radius 1 is 1.29 bits per heavy atom. The van der Waals surface area contributed by atoms with E-state index in [1.165, 1.54) is 5.56 Å². The molecule has 1 aromatic rings. The molecule has 1 aliphatic carbocycles. The normalized spacial score (nSPS) is 15.5. The van der Waals surface area contributed by atoms with Crippen molar-refractivity contribution in [2.45, 2.75) is 51.6 Å². The molecule has 1 fully saturated rings. The number of hydrogen-bond acceptors (Lipinski definition) is 4. The predicted molar refractivity (Wildman–Crippen MR) is 82.5 cm³/mol. The smallest absolute Gasteiger partial charge is 0.323 e. The Morgan fingerprint density at radius 3 is 2.57 bits per heavy atom. The van der Waals surface area contributed by atoms with Crippen LogP contribution in [0.1, 0.15) is 38.7 Å². The van der Waals surface area contributed by atoms with Gasteiger partial charge in [-0.2, -0.15) is 0 Å². The quantitative estimate of drug-likeness (QED) is 0.711. The highest BCUT2D eigenvalue weighted by atomic mass is 16.5. The number of nitrogens with one attached hydrogen (secondary N) is 1. The fourth-order valence-electron chi connectivity index (χ4n) is 2.16. The third-order valence-electron chi connectivity index (χ3n) is 3.59. The van der Waals surface area contributed by atoms with Gasteiger partial charge in [-0.3, -0.25) is 4.79 Å². The summed E-state index contributed by atoms with van der Waals surface area (Å²) in [6.45, 7) is 4.89. The number of hydrogen-bond donors (Lipinski definition) is 1. The molecule has 1 unspecified atom stereocenters. The molecule has 0 bridgehead atoms. The van der Waals surface area contributed by atoms with Gasteiger partial charge in [0.2, 0.25) is 0 Å².